The minimum Gasteiger partial charge on any atom is -0.332 e. The molecular formula is C12H14ClN3O2S. The molecule has 0 spiro atoms. The summed E-state index contributed by atoms with van der Waals surface area (Å²) in [5, 5.41) is 0.598. The van der Waals surface area contributed by atoms with E-state index in [0.717, 1.165) is 5.56 Å². The van der Waals surface area contributed by atoms with Crippen LogP contribution in [0.2, 0.25) is 5.02 Å². The fourth-order valence-corrected chi connectivity index (χ4v) is 2.70. The highest BCUT2D eigenvalue weighted by Crippen LogP contribution is 2.15. The number of hydrogen-bond acceptors (Lipinski definition) is 3. The van der Waals surface area contributed by atoms with Gasteiger partial charge in [0, 0.05) is 18.0 Å². The molecule has 102 valence electrons. The number of nitrogens with one attached hydrogen (secondary N) is 2. The normalized spacial score (nSPS) is 11.7. The Bertz CT molecular complexity index is 667. The summed E-state index contributed by atoms with van der Waals surface area (Å²) in [5.41, 5.74) is 0.725. The SMILES string of the molecule is CCc1ncc(S(=O)(=O)NCc2ccccc2Cl)[nH]1. The zero-order valence-corrected chi connectivity index (χ0v) is 11.9. The highest BCUT2D eigenvalue weighted by molar-refractivity contribution is 7.89. The van der Waals surface area contributed by atoms with Gasteiger partial charge in [-0.15, -0.1) is 0 Å². The second-order valence-corrected chi connectivity index (χ2v) is 6.11. The van der Waals surface area contributed by atoms with Gasteiger partial charge in [0.2, 0.25) is 0 Å². The Hall–Kier alpha value is -1.37. The highest BCUT2D eigenvalue weighted by Gasteiger charge is 2.16. The van der Waals surface area contributed by atoms with Crippen LogP contribution < -0.4 is 4.72 Å². The van der Waals surface area contributed by atoms with E-state index in [1.165, 1.54) is 6.20 Å². The Balaban J connectivity index is 2.12. The van der Waals surface area contributed by atoms with Crippen molar-refractivity contribution in [2.24, 2.45) is 0 Å². The van der Waals surface area contributed by atoms with Crippen LogP contribution in [0.5, 0.6) is 0 Å². The van der Waals surface area contributed by atoms with Gasteiger partial charge in [0.25, 0.3) is 10.0 Å². The van der Waals surface area contributed by atoms with E-state index in [9.17, 15) is 8.42 Å². The molecule has 5 nitrogen and oxygen atoms in total. The Morgan fingerprint density at radius 3 is 2.74 bits per heavy atom. The van der Waals surface area contributed by atoms with Gasteiger partial charge in [0.15, 0.2) is 5.03 Å². The van der Waals surface area contributed by atoms with Gasteiger partial charge in [-0.05, 0) is 11.6 Å². The number of benzene rings is 1. The first-order valence-corrected chi connectivity index (χ1v) is 7.66. The third-order valence-corrected chi connectivity index (χ3v) is 4.32. The van der Waals surface area contributed by atoms with Gasteiger partial charge in [-0.1, -0.05) is 36.7 Å². The van der Waals surface area contributed by atoms with Crippen LogP contribution in [-0.2, 0) is 23.0 Å². The summed E-state index contributed by atoms with van der Waals surface area (Å²) < 4.78 is 26.5. The maximum Gasteiger partial charge on any atom is 0.257 e. The number of H-pyrrole nitrogens is 1. The quantitative estimate of drug-likeness (QED) is 0.888. The Labute approximate surface area is 117 Å². The van der Waals surface area contributed by atoms with Gasteiger partial charge >= 0.3 is 0 Å². The van der Waals surface area contributed by atoms with Crippen molar-refractivity contribution >= 4 is 21.6 Å². The number of halogens is 1. The lowest BCUT2D eigenvalue weighted by Crippen LogP contribution is -2.23. The van der Waals surface area contributed by atoms with Crippen LogP contribution in [0.25, 0.3) is 0 Å². The van der Waals surface area contributed by atoms with Crippen molar-refractivity contribution in [3.05, 3.63) is 46.9 Å². The molecule has 0 aliphatic heterocycles. The standard InChI is InChI=1S/C12H14ClN3O2S/c1-2-11-14-8-12(16-11)19(17,18)15-7-9-5-3-4-6-10(9)13/h3-6,8,15H,2,7H2,1H3,(H,14,16). The van der Waals surface area contributed by atoms with Crippen molar-refractivity contribution in [3.63, 3.8) is 0 Å². The van der Waals surface area contributed by atoms with Gasteiger partial charge < -0.3 is 4.98 Å². The molecular weight excluding hydrogens is 286 g/mol. The van der Waals surface area contributed by atoms with Crippen LogP contribution in [-0.4, -0.2) is 18.4 Å². The van der Waals surface area contributed by atoms with E-state index in [2.05, 4.69) is 14.7 Å². The predicted octanol–water partition coefficient (Wildman–Crippen LogP) is 2.10. The van der Waals surface area contributed by atoms with E-state index < -0.39 is 10.0 Å². The number of hydrogen-bond donors (Lipinski definition) is 2. The number of aromatic amines is 1. The van der Waals surface area contributed by atoms with Crippen molar-refractivity contribution < 1.29 is 8.42 Å². The first-order chi connectivity index (χ1) is 9.03. The van der Waals surface area contributed by atoms with Gasteiger partial charge in [-0.25, -0.2) is 18.1 Å². The lowest BCUT2D eigenvalue weighted by Gasteiger charge is -2.06. The average molecular weight is 300 g/mol. The van der Waals surface area contributed by atoms with Crippen molar-refractivity contribution in [2.75, 3.05) is 0 Å². The summed E-state index contributed by atoms with van der Waals surface area (Å²) >= 11 is 5.97. The highest BCUT2D eigenvalue weighted by atomic mass is 35.5. The van der Waals surface area contributed by atoms with Crippen LogP contribution in [0.1, 0.15) is 18.3 Å². The largest absolute Gasteiger partial charge is 0.332 e. The van der Waals surface area contributed by atoms with Gasteiger partial charge in [-0.3, -0.25) is 0 Å². The Kier molecular flexibility index (Phi) is 4.24. The third-order valence-electron chi connectivity index (χ3n) is 2.64. The van der Waals surface area contributed by atoms with E-state index in [-0.39, 0.29) is 11.6 Å². The van der Waals surface area contributed by atoms with Crippen LogP contribution in [0.15, 0.2) is 35.5 Å². The van der Waals surface area contributed by atoms with Crippen molar-refractivity contribution in [3.8, 4) is 0 Å². The summed E-state index contributed by atoms with van der Waals surface area (Å²) in [6, 6.07) is 7.09. The molecule has 1 aromatic heterocycles. The molecule has 2 rings (SSSR count). The molecule has 0 fully saturated rings. The maximum absolute atomic E-state index is 12.0. The number of sulfonamides is 1. The summed E-state index contributed by atoms with van der Waals surface area (Å²) in [6.45, 7) is 2.04. The number of aromatic nitrogens is 2. The summed E-state index contributed by atoms with van der Waals surface area (Å²) in [7, 11) is -3.59. The monoisotopic (exact) mass is 299 g/mol. The fourth-order valence-electron chi connectivity index (χ4n) is 1.55. The molecule has 0 atom stereocenters. The molecule has 1 aromatic carbocycles. The van der Waals surface area contributed by atoms with Gasteiger partial charge in [0.1, 0.15) is 5.82 Å². The number of aryl methyl sites for hydroxylation is 1. The van der Waals surface area contributed by atoms with E-state index in [1.807, 2.05) is 6.92 Å². The van der Waals surface area contributed by atoms with Crippen LogP contribution in [0, 0.1) is 0 Å². The molecule has 0 amide bonds. The summed E-state index contributed by atoms with van der Waals surface area (Å²) in [5.74, 6) is 0.637. The summed E-state index contributed by atoms with van der Waals surface area (Å²) in [6.07, 6.45) is 1.97. The van der Waals surface area contributed by atoms with E-state index in [4.69, 9.17) is 11.6 Å². The topological polar surface area (TPSA) is 74.8 Å². The van der Waals surface area contributed by atoms with Crippen LogP contribution in [0.4, 0.5) is 0 Å². The molecule has 0 aliphatic carbocycles. The lowest BCUT2D eigenvalue weighted by atomic mass is 10.2. The first kappa shape index (κ1) is 14.0. The lowest BCUT2D eigenvalue weighted by molar-refractivity contribution is 0.578. The first-order valence-electron chi connectivity index (χ1n) is 5.80. The number of rotatable bonds is 5. The van der Waals surface area contributed by atoms with Crippen LogP contribution >= 0.6 is 11.6 Å². The average Bonchev–Trinajstić information content (AvgIpc) is 2.87. The van der Waals surface area contributed by atoms with Gasteiger partial charge in [-0.2, -0.15) is 0 Å². The minimum atomic E-state index is -3.59. The number of nitrogens with zero attached hydrogens (tertiary/aromatic N) is 1. The molecule has 0 radical (unpaired) electrons. The molecule has 1 heterocycles. The van der Waals surface area contributed by atoms with Crippen molar-refractivity contribution in [2.45, 2.75) is 24.9 Å². The molecule has 0 bridgehead atoms. The zero-order valence-electron chi connectivity index (χ0n) is 10.4. The molecule has 0 unspecified atom stereocenters. The third kappa shape index (κ3) is 3.34. The van der Waals surface area contributed by atoms with Crippen LogP contribution in [0.3, 0.4) is 0 Å². The Morgan fingerprint density at radius 2 is 2.11 bits per heavy atom. The van der Waals surface area contributed by atoms with E-state index >= 15 is 0 Å². The Morgan fingerprint density at radius 1 is 1.37 bits per heavy atom. The molecule has 0 aliphatic rings. The van der Waals surface area contributed by atoms with E-state index in [1.54, 1.807) is 24.3 Å². The maximum atomic E-state index is 12.0. The smallest absolute Gasteiger partial charge is 0.257 e. The molecule has 2 N–H and O–H groups in total. The minimum absolute atomic E-state index is 0.0661. The second kappa shape index (κ2) is 5.73. The second-order valence-electron chi connectivity index (χ2n) is 3.96. The molecule has 0 saturated heterocycles. The molecule has 0 saturated carbocycles. The zero-order chi connectivity index (χ0) is 13.9. The van der Waals surface area contributed by atoms with Crippen molar-refractivity contribution in [1.29, 1.82) is 0 Å². The van der Waals surface area contributed by atoms with Crippen molar-refractivity contribution in [1.82, 2.24) is 14.7 Å². The van der Waals surface area contributed by atoms with E-state index in [0.29, 0.717) is 17.3 Å². The van der Waals surface area contributed by atoms with Gasteiger partial charge in [0.05, 0.1) is 6.20 Å². The predicted molar refractivity (Wildman–Crippen MR) is 73.4 cm³/mol. The number of imidazole rings is 1. The summed E-state index contributed by atoms with van der Waals surface area (Å²) in [4.78, 5) is 6.73. The fraction of sp³-hybridized carbons (Fsp3) is 0.250. The molecule has 7 heteroatoms. The molecule has 2 aromatic rings. The molecule has 19 heavy (non-hydrogen) atoms.